The molecule has 4 nitrogen and oxygen atoms in total. The first-order chi connectivity index (χ1) is 11.7. The van der Waals surface area contributed by atoms with Crippen LogP contribution in [0.25, 0.3) is 0 Å². The van der Waals surface area contributed by atoms with E-state index in [1.807, 2.05) is 19.9 Å². The normalized spacial score (nSPS) is 10.3. The zero-order valence-corrected chi connectivity index (χ0v) is 14.7. The van der Waals surface area contributed by atoms with E-state index in [9.17, 15) is 4.79 Å². The summed E-state index contributed by atoms with van der Waals surface area (Å²) in [6, 6.07) is 12.3. The third-order valence-corrected chi connectivity index (χ3v) is 3.57. The maximum absolute atomic E-state index is 12.3. The van der Waals surface area contributed by atoms with E-state index < -0.39 is 0 Å². The SMILES string of the molecule is CCCOc1ccc(NC(=O)c2ccccc2Cl)cc1OCCC. The molecule has 0 bridgehead atoms. The van der Waals surface area contributed by atoms with Gasteiger partial charge in [-0.25, -0.2) is 0 Å². The number of amides is 1. The highest BCUT2D eigenvalue weighted by Crippen LogP contribution is 2.31. The van der Waals surface area contributed by atoms with Gasteiger partial charge in [-0.3, -0.25) is 4.79 Å². The molecule has 0 spiro atoms. The van der Waals surface area contributed by atoms with Crippen LogP contribution in [0.4, 0.5) is 5.69 Å². The first-order valence-corrected chi connectivity index (χ1v) is 8.49. The second kappa shape index (κ2) is 9.18. The van der Waals surface area contributed by atoms with E-state index in [4.69, 9.17) is 21.1 Å². The van der Waals surface area contributed by atoms with Crippen LogP contribution in [0.15, 0.2) is 42.5 Å². The van der Waals surface area contributed by atoms with Gasteiger partial charge >= 0.3 is 0 Å². The molecule has 5 heteroatoms. The molecule has 0 atom stereocenters. The summed E-state index contributed by atoms with van der Waals surface area (Å²) >= 11 is 6.06. The molecule has 0 saturated carbocycles. The predicted octanol–water partition coefficient (Wildman–Crippen LogP) is 5.17. The van der Waals surface area contributed by atoms with Crippen molar-refractivity contribution in [3.8, 4) is 11.5 Å². The number of carbonyl (C=O) groups is 1. The van der Waals surface area contributed by atoms with E-state index in [1.165, 1.54) is 0 Å². The fourth-order valence-corrected chi connectivity index (χ4v) is 2.31. The maximum atomic E-state index is 12.3. The molecule has 0 aromatic heterocycles. The molecular weight excluding hydrogens is 326 g/mol. The van der Waals surface area contributed by atoms with Gasteiger partial charge in [0.25, 0.3) is 5.91 Å². The van der Waals surface area contributed by atoms with Crippen LogP contribution in [-0.2, 0) is 0 Å². The van der Waals surface area contributed by atoms with Gasteiger partial charge in [-0.2, -0.15) is 0 Å². The van der Waals surface area contributed by atoms with Gasteiger partial charge in [-0.1, -0.05) is 37.6 Å². The lowest BCUT2D eigenvalue weighted by molar-refractivity contribution is 0.102. The van der Waals surface area contributed by atoms with E-state index in [-0.39, 0.29) is 5.91 Å². The molecular formula is C19H22ClNO3. The Bertz CT molecular complexity index is 688. The number of halogens is 1. The number of carbonyl (C=O) groups excluding carboxylic acids is 1. The Hall–Kier alpha value is -2.20. The van der Waals surface area contributed by atoms with Gasteiger partial charge < -0.3 is 14.8 Å². The Balaban J connectivity index is 2.17. The molecule has 0 saturated heterocycles. The molecule has 1 amide bonds. The van der Waals surface area contributed by atoms with E-state index in [1.54, 1.807) is 36.4 Å². The Kier molecular flexibility index (Phi) is 6.94. The van der Waals surface area contributed by atoms with Gasteiger partial charge in [0.1, 0.15) is 0 Å². The molecule has 128 valence electrons. The topological polar surface area (TPSA) is 47.6 Å². The molecule has 0 aliphatic carbocycles. The Morgan fingerprint density at radius 3 is 2.33 bits per heavy atom. The van der Waals surface area contributed by atoms with Crippen molar-refractivity contribution in [3.05, 3.63) is 53.1 Å². The van der Waals surface area contributed by atoms with Crippen LogP contribution in [0.3, 0.4) is 0 Å². The summed E-state index contributed by atoms with van der Waals surface area (Å²) in [4.78, 5) is 12.3. The van der Waals surface area contributed by atoms with Gasteiger partial charge in [-0.05, 0) is 37.1 Å². The van der Waals surface area contributed by atoms with Crippen LogP contribution in [0.1, 0.15) is 37.0 Å². The number of rotatable bonds is 8. The second-order valence-corrected chi connectivity index (χ2v) is 5.70. The Morgan fingerprint density at radius 2 is 1.67 bits per heavy atom. The fraction of sp³-hybridized carbons (Fsp3) is 0.316. The van der Waals surface area contributed by atoms with Gasteiger partial charge in [0.15, 0.2) is 11.5 Å². The molecule has 2 rings (SSSR count). The van der Waals surface area contributed by atoms with E-state index in [2.05, 4.69) is 5.32 Å². The third-order valence-electron chi connectivity index (χ3n) is 3.24. The smallest absolute Gasteiger partial charge is 0.257 e. The third kappa shape index (κ3) is 4.90. The van der Waals surface area contributed by atoms with Crippen molar-refractivity contribution >= 4 is 23.2 Å². The molecule has 0 radical (unpaired) electrons. The van der Waals surface area contributed by atoms with Gasteiger partial charge in [-0.15, -0.1) is 0 Å². The van der Waals surface area contributed by atoms with Crippen molar-refractivity contribution in [2.45, 2.75) is 26.7 Å². The predicted molar refractivity (Wildman–Crippen MR) is 97.4 cm³/mol. The highest BCUT2D eigenvalue weighted by atomic mass is 35.5. The quantitative estimate of drug-likeness (QED) is 0.716. The average molecular weight is 348 g/mol. The highest BCUT2D eigenvalue weighted by Gasteiger charge is 2.12. The zero-order chi connectivity index (χ0) is 17.4. The summed E-state index contributed by atoms with van der Waals surface area (Å²) in [5.41, 5.74) is 1.07. The molecule has 0 aliphatic rings. The van der Waals surface area contributed by atoms with Crippen molar-refractivity contribution in [2.24, 2.45) is 0 Å². The lowest BCUT2D eigenvalue weighted by atomic mass is 10.2. The molecule has 0 unspecified atom stereocenters. The van der Waals surface area contributed by atoms with Crippen LogP contribution in [0.2, 0.25) is 5.02 Å². The van der Waals surface area contributed by atoms with E-state index in [0.717, 1.165) is 12.8 Å². The molecule has 2 aromatic carbocycles. The van der Waals surface area contributed by atoms with Crippen LogP contribution in [-0.4, -0.2) is 19.1 Å². The molecule has 0 fully saturated rings. The zero-order valence-electron chi connectivity index (χ0n) is 14.0. The van der Waals surface area contributed by atoms with Crippen molar-refractivity contribution < 1.29 is 14.3 Å². The minimum absolute atomic E-state index is 0.260. The minimum atomic E-state index is -0.260. The fourth-order valence-electron chi connectivity index (χ4n) is 2.09. The summed E-state index contributed by atoms with van der Waals surface area (Å²) in [5.74, 6) is 1.05. The summed E-state index contributed by atoms with van der Waals surface area (Å²) in [6.45, 7) is 5.29. The monoisotopic (exact) mass is 347 g/mol. The second-order valence-electron chi connectivity index (χ2n) is 5.29. The van der Waals surface area contributed by atoms with Crippen molar-refractivity contribution in [1.82, 2.24) is 0 Å². The van der Waals surface area contributed by atoms with E-state index >= 15 is 0 Å². The van der Waals surface area contributed by atoms with Gasteiger partial charge in [0.05, 0.1) is 23.8 Å². The van der Waals surface area contributed by atoms with Crippen molar-refractivity contribution in [2.75, 3.05) is 18.5 Å². The van der Waals surface area contributed by atoms with Crippen molar-refractivity contribution in [3.63, 3.8) is 0 Å². The van der Waals surface area contributed by atoms with Crippen molar-refractivity contribution in [1.29, 1.82) is 0 Å². The first-order valence-electron chi connectivity index (χ1n) is 8.11. The van der Waals surface area contributed by atoms with Gasteiger partial charge in [0, 0.05) is 11.8 Å². The molecule has 0 aliphatic heterocycles. The average Bonchev–Trinajstić information content (AvgIpc) is 2.59. The largest absolute Gasteiger partial charge is 0.490 e. The first kappa shape index (κ1) is 18.1. The summed E-state index contributed by atoms with van der Waals surface area (Å²) in [7, 11) is 0. The van der Waals surface area contributed by atoms with Crippen LogP contribution in [0, 0.1) is 0 Å². The molecule has 24 heavy (non-hydrogen) atoms. The number of nitrogens with one attached hydrogen (secondary N) is 1. The Labute approximate surface area is 147 Å². The van der Waals surface area contributed by atoms with E-state index in [0.29, 0.717) is 41.0 Å². The number of ether oxygens (including phenoxy) is 2. The lowest BCUT2D eigenvalue weighted by Gasteiger charge is -2.14. The summed E-state index contributed by atoms with van der Waals surface area (Å²) in [5, 5.41) is 3.26. The molecule has 2 aromatic rings. The molecule has 0 heterocycles. The van der Waals surface area contributed by atoms with Crippen LogP contribution >= 0.6 is 11.6 Å². The lowest BCUT2D eigenvalue weighted by Crippen LogP contribution is -2.12. The minimum Gasteiger partial charge on any atom is -0.490 e. The number of benzene rings is 2. The number of anilines is 1. The molecule has 1 N–H and O–H groups in total. The summed E-state index contributed by atoms with van der Waals surface area (Å²) in [6.07, 6.45) is 1.81. The van der Waals surface area contributed by atoms with Crippen LogP contribution < -0.4 is 14.8 Å². The van der Waals surface area contributed by atoms with Crippen LogP contribution in [0.5, 0.6) is 11.5 Å². The number of hydrogen-bond donors (Lipinski definition) is 1. The summed E-state index contributed by atoms with van der Waals surface area (Å²) < 4.78 is 11.4. The maximum Gasteiger partial charge on any atom is 0.257 e. The van der Waals surface area contributed by atoms with Gasteiger partial charge in [0.2, 0.25) is 0 Å². The highest BCUT2D eigenvalue weighted by molar-refractivity contribution is 6.34. The number of hydrogen-bond acceptors (Lipinski definition) is 3. The Morgan fingerprint density at radius 1 is 1.00 bits per heavy atom. The standard InChI is InChI=1S/C19H22ClNO3/c1-3-11-23-17-10-9-14(13-18(17)24-12-4-2)21-19(22)15-7-5-6-8-16(15)20/h5-10,13H,3-4,11-12H2,1-2H3,(H,21,22).